The Labute approximate surface area is 180 Å². The minimum absolute atomic E-state index is 0.0318. The number of nitrogens with zero attached hydrogens (tertiary/aromatic N) is 7. The Kier molecular flexibility index (Phi) is 4.80. The summed E-state index contributed by atoms with van der Waals surface area (Å²) in [5.41, 5.74) is 3.01. The van der Waals surface area contributed by atoms with E-state index in [1.807, 2.05) is 43.0 Å². The number of amides is 1. The van der Waals surface area contributed by atoms with E-state index in [-0.39, 0.29) is 11.9 Å². The zero-order valence-corrected chi connectivity index (χ0v) is 17.9. The van der Waals surface area contributed by atoms with E-state index in [4.69, 9.17) is 4.74 Å². The van der Waals surface area contributed by atoms with Crippen LogP contribution in [-0.4, -0.2) is 68.6 Å². The number of carbonyl (C=O) groups is 1. The van der Waals surface area contributed by atoms with E-state index in [0.717, 1.165) is 43.4 Å². The molecule has 0 N–H and O–H groups in total. The molecule has 0 unspecified atom stereocenters. The number of anilines is 1. The van der Waals surface area contributed by atoms with Crippen LogP contribution < -0.4 is 9.64 Å². The zero-order valence-electron chi connectivity index (χ0n) is 17.9. The highest BCUT2D eigenvalue weighted by molar-refractivity contribution is 5.99. The van der Waals surface area contributed by atoms with E-state index in [1.54, 1.807) is 19.5 Å². The van der Waals surface area contributed by atoms with Crippen LogP contribution in [0.5, 0.6) is 5.75 Å². The fourth-order valence-corrected chi connectivity index (χ4v) is 4.61. The molecule has 9 heteroatoms. The predicted molar refractivity (Wildman–Crippen MR) is 115 cm³/mol. The second kappa shape index (κ2) is 7.64. The lowest BCUT2D eigenvalue weighted by Crippen LogP contribution is -2.66. The summed E-state index contributed by atoms with van der Waals surface area (Å²) in [6, 6.07) is 7.56. The summed E-state index contributed by atoms with van der Waals surface area (Å²) in [4.78, 5) is 28.4. The highest BCUT2D eigenvalue weighted by atomic mass is 16.5. The third-order valence-electron chi connectivity index (χ3n) is 6.14. The van der Waals surface area contributed by atoms with E-state index in [0.29, 0.717) is 22.9 Å². The Morgan fingerprint density at radius 3 is 2.55 bits per heavy atom. The number of hydrogen-bond donors (Lipinski definition) is 0. The van der Waals surface area contributed by atoms with E-state index in [9.17, 15) is 4.79 Å². The first-order valence-electron chi connectivity index (χ1n) is 10.5. The van der Waals surface area contributed by atoms with Crippen LogP contribution in [0, 0.1) is 19.8 Å². The minimum Gasteiger partial charge on any atom is -0.494 e. The van der Waals surface area contributed by atoms with Gasteiger partial charge in [0.1, 0.15) is 11.4 Å². The molecule has 3 aromatic rings. The van der Waals surface area contributed by atoms with Crippen molar-refractivity contribution < 1.29 is 9.53 Å². The first-order chi connectivity index (χ1) is 15.0. The van der Waals surface area contributed by atoms with Crippen LogP contribution in [0.2, 0.25) is 0 Å². The molecule has 2 aliphatic heterocycles. The lowest BCUT2D eigenvalue weighted by molar-refractivity contribution is 0.00763. The molecule has 0 spiro atoms. The molecule has 2 atom stereocenters. The number of fused-ring (bicyclic) bond motifs is 1. The highest BCUT2D eigenvalue weighted by Crippen LogP contribution is 2.36. The van der Waals surface area contributed by atoms with Gasteiger partial charge in [-0.25, -0.2) is 9.97 Å². The van der Waals surface area contributed by atoms with Crippen molar-refractivity contribution in [2.75, 3.05) is 31.6 Å². The first-order valence-corrected chi connectivity index (χ1v) is 10.5. The van der Waals surface area contributed by atoms with Gasteiger partial charge in [0, 0.05) is 36.9 Å². The van der Waals surface area contributed by atoms with E-state index in [2.05, 4.69) is 25.1 Å². The monoisotopic (exact) mass is 419 g/mol. The van der Waals surface area contributed by atoms with Gasteiger partial charge in [0.2, 0.25) is 5.95 Å². The number of benzene rings is 1. The molecule has 31 heavy (non-hydrogen) atoms. The summed E-state index contributed by atoms with van der Waals surface area (Å²) < 4.78 is 5.50. The standard InChI is InChI=1S/C22H25N7O2/c1-14-11-15(2)26-22(25-14)27-10-7-16-12-28(18(16)13-27)21(30)17-5-4-6-19(31-3)20(17)29-23-8-9-24-29/h4-6,8-9,11,16,18H,7,10,12-13H2,1-3H3/t16-,18-/m1/s1. The molecule has 5 rings (SSSR count). The number of para-hydroxylation sites is 1. The Morgan fingerprint density at radius 1 is 1.10 bits per heavy atom. The number of piperidine rings is 1. The summed E-state index contributed by atoms with van der Waals surface area (Å²) in [6.07, 6.45) is 4.20. The molecule has 1 aromatic carbocycles. The largest absolute Gasteiger partial charge is 0.494 e. The van der Waals surface area contributed by atoms with Crippen LogP contribution in [0.3, 0.4) is 0 Å². The third-order valence-corrected chi connectivity index (χ3v) is 6.14. The van der Waals surface area contributed by atoms with Crippen LogP contribution in [0.15, 0.2) is 36.7 Å². The van der Waals surface area contributed by atoms with E-state index < -0.39 is 0 Å². The molecule has 4 heterocycles. The quantitative estimate of drug-likeness (QED) is 0.639. The SMILES string of the molecule is COc1cccc(C(=O)N2C[C@H]3CCN(c4nc(C)cc(C)n4)C[C@H]32)c1-n1nccn1. The number of aromatic nitrogens is 5. The number of ether oxygens (including phenoxy) is 1. The average molecular weight is 419 g/mol. The van der Waals surface area contributed by atoms with Gasteiger partial charge in [-0.1, -0.05) is 6.07 Å². The number of rotatable bonds is 4. The molecule has 2 aromatic heterocycles. The molecular weight excluding hydrogens is 394 g/mol. The molecule has 0 saturated carbocycles. The second-order valence-corrected chi connectivity index (χ2v) is 8.15. The van der Waals surface area contributed by atoms with Crippen LogP contribution in [0.4, 0.5) is 5.95 Å². The van der Waals surface area contributed by atoms with Crippen molar-refractivity contribution in [2.45, 2.75) is 26.3 Å². The van der Waals surface area contributed by atoms with Crippen LogP contribution in [0.25, 0.3) is 5.69 Å². The van der Waals surface area contributed by atoms with Crippen molar-refractivity contribution in [2.24, 2.45) is 5.92 Å². The third kappa shape index (κ3) is 3.39. The maximum Gasteiger partial charge on any atom is 0.256 e. The van der Waals surface area contributed by atoms with Crippen molar-refractivity contribution in [3.63, 3.8) is 0 Å². The smallest absolute Gasteiger partial charge is 0.256 e. The molecule has 2 saturated heterocycles. The van der Waals surface area contributed by atoms with Crippen LogP contribution >= 0.6 is 0 Å². The fraction of sp³-hybridized carbons (Fsp3) is 0.409. The maximum absolute atomic E-state index is 13.6. The fourth-order valence-electron chi connectivity index (χ4n) is 4.61. The van der Waals surface area contributed by atoms with Gasteiger partial charge in [-0.15, -0.1) is 4.80 Å². The zero-order chi connectivity index (χ0) is 21.5. The van der Waals surface area contributed by atoms with Gasteiger partial charge in [-0.3, -0.25) is 4.79 Å². The lowest BCUT2D eigenvalue weighted by atomic mass is 9.81. The average Bonchev–Trinajstić information content (AvgIpc) is 3.27. The van der Waals surface area contributed by atoms with Crippen molar-refractivity contribution >= 4 is 11.9 Å². The number of carbonyl (C=O) groups excluding carboxylic acids is 1. The summed E-state index contributed by atoms with van der Waals surface area (Å²) in [7, 11) is 1.58. The van der Waals surface area contributed by atoms with E-state index >= 15 is 0 Å². The molecule has 0 bridgehead atoms. The molecule has 2 fully saturated rings. The molecule has 2 aliphatic rings. The molecular formula is C22H25N7O2. The minimum atomic E-state index is -0.0318. The summed E-state index contributed by atoms with van der Waals surface area (Å²) >= 11 is 0. The Hall–Kier alpha value is -3.49. The molecule has 160 valence electrons. The van der Waals surface area contributed by atoms with Gasteiger partial charge in [-0.05, 0) is 38.5 Å². The highest BCUT2D eigenvalue weighted by Gasteiger charge is 2.46. The molecule has 0 radical (unpaired) electrons. The number of likely N-dealkylation sites (tertiary alicyclic amines) is 1. The number of hydrogen-bond acceptors (Lipinski definition) is 7. The van der Waals surface area contributed by atoms with Gasteiger partial charge in [-0.2, -0.15) is 10.2 Å². The first kappa shape index (κ1) is 19.5. The topological polar surface area (TPSA) is 89.3 Å². The van der Waals surface area contributed by atoms with Gasteiger partial charge in [0.25, 0.3) is 5.91 Å². The summed E-state index contributed by atoms with van der Waals surface area (Å²) in [5.74, 6) is 1.78. The van der Waals surface area contributed by atoms with Crippen molar-refractivity contribution in [3.8, 4) is 11.4 Å². The van der Waals surface area contributed by atoms with Crippen molar-refractivity contribution in [1.82, 2.24) is 29.9 Å². The maximum atomic E-state index is 13.6. The van der Waals surface area contributed by atoms with Gasteiger partial charge < -0.3 is 14.5 Å². The van der Waals surface area contributed by atoms with Crippen LogP contribution in [-0.2, 0) is 0 Å². The van der Waals surface area contributed by atoms with Gasteiger partial charge >= 0.3 is 0 Å². The van der Waals surface area contributed by atoms with Crippen molar-refractivity contribution in [1.29, 1.82) is 0 Å². The second-order valence-electron chi connectivity index (χ2n) is 8.15. The number of aryl methyl sites for hydroxylation is 2. The van der Waals surface area contributed by atoms with Gasteiger partial charge in [0.15, 0.2) is 0 Å². The summed E-state index contributed by atoms with van der Waals surface area (Å²) in [5, 5.41) is 8.44. The molecule has 1 amide bonds. The van der Waals surface area contributed by atoms with Gasteiger partial charge in [0.05, 0.1) is 31.1 Å². The predicted octanol–water partition coefficient (Wildman–Crippen LogP) is 2.03. The number of methoxy groups -OCH3 is 1. The normalized spacial score (nSPS) is 20.2. The lowest BCUT2D eigenvalue weighted by Gasteiger charge is -2.53. The Morgan fingerprint density at radius 2 is 1.84 bits per heavy atom. The van der Waals surface area contributed by atoms with Crippen molar-refractivity contribution in [3.05, 3.63) is 53.6 Å². The Bertz CT molecular complexity index is 1090. The molecule has 0 aliphatic carbocycles. The Balaban J connectivity index is 1.42. The van der Waals surface area contributed by atoms with E-state index in [1.165, 1.54) is 4.80 Å². The molecule has 9 nitrogen and oxygen atoms in total. The van der Waals surface area contributed by atoms with Crippen LogP contribution in [0.1, 0.15) is 28.2 Å². The summed E-state index contributed by atoms with van der Waals surface area (Å²) in [6.45, 7) is 6.37.